The first-order chi connectivity index (χ1) is 8.96. The van der Waals surface area contributed by atoms with Crippen LogP contribution in [-0.2, 0) is 4.79 Å². The molecule has 1 aromatic heterocycles. The zero-order chi connectivity index (χ0) is 14.0. The van der Waals surface area contributed by atoms with Crippen LogP contribution < -0.4 is 0 Å². The molecule has 0 aromatic carbocycles. The summed E-state index contributed by atoms with van der Waals surface area (Å²) in [5.41, 5.74) is 0.117. The van der Waals surface area contributed by atoms with Gasteiger partial charge >= 0.3 is 5.97 Å². The summed E-state index contributed by atoms with van der Waals surface area (Å²) >= 11 is 0. The van der Waals surface area contributed by atoms with Gasteiger partial charge in [-0.25, -0.2) is 4.39 Å². The number of carboxylic acid groups (broad SMARTS) is 1. The fourth-order valence-corrected chi connectivity index (χ4v) is 2.68. The van der Waals surface area contributed by atoms with Crippen molar-refractivity contribution in [1.82, 2.24) is 9.88 Å². The fourth-order valence-electron chi connectivity index (χ4n) is 2.68. The lowest BCUT2D eigenvalue weighted by molar-refractivity contribution is -0.147. The van der Waals surface area contributed by atoms with Crippen LogP contribution in [0.15, 0.2) is 18.3 Å². The van der Waals surface area contributed by atoms with Crippen LogP contribution in [0.25, 0.3) is 0 Å². The average Bonchev–Trinajstić information content (AvgIpc) is 2.77. The first-order valence-corrected chi connectivity index (χ1v) is 6.55. The summed E-state index contributed by atoms with van der Waals surface area (Å²) in [6.45, 7) is 5.06. The summed E-state index contributed by atoms with van der Waals surface area (Å²) in [6, 6.07) is 3.14. The molecule has 0 saturated carbocycles. The molecule has 2 atom stereocenters. The maximum absolute atomic E-state index is 12.9. The van der Waals surface area contributed by atoms with E-state index in [9.17, 15) is 14.3 Å². The van der Waals surface area contributed by atoms with E-state index in [0.717, 1.165) is 18.7 Å². The number of halogens is 1. The lowest BCUT2D eigenvalue weighted by Gasteiger charge is -2.27. The number of carboxylic acids is 1. The predicted molar refractivity (Wildman–Crippen MR) is 69.2 cm³/mol. The Hall–Kier alpha value is -1.49. The van der Waals surface area contributed by atoms with Crippen molar-refractivity contribution in [3.05, 3.63) is 29.8 Å². The van der Waals surface area contributed by atoms with Crippen molar-refractivity contribution in [1.29, 1.82) is 0 Å². The van der Waals surface area contributed by atoms with Crippen LogP contribution in [0.4, 0.5) is 4.39 Å². The van der Waals surface area contributed by atoms with Crippen LogP contribution in [0.5, 0.6) is 0 Å². The largest absolute Gasteiger partial charge is 0.481 e. The molecule has 0 aliphatic carbocycles. The van der Waals surface area contributed by atoms with Gasteiger partial charge in [-0.3, -0.25) is 14.7 Å². The topological polar surface area (TPSA) is 53.4 Å². The van der Waals surface area contributed by atoms with E-state index in [2.05, 4.69) is 9.88 Å². The molecule has 19 heavy (non-hydrogen) atoms. The highest BCUT2D eigenvalue weighted by Crippen LogP contribution is 2.36. The molecule has 1 saturated heterocycles. The van der Waals surface area contributed by atoms with Crippen LogP contribution in [-0.4, -0.2) is 34.0 Å². The smallest absolute Gasteiger partial charge is 0.310 e. The van der Waals surface area contributed by atoms with Gasteiger partial charge in [0.25, 0.3) is 0 Å². The van der Waals surface area contributed by atoms with Gasteiger partial charge in [0.1, 0.15) is 5.82 Å². The molecule has 0 amide bonds. The molecule has 1 N–H and O–H groups in total. The third-order valence-electron chi connectivity index (χ3n) is 3.94. The van der Waals surface area contributed by atoms with Crippen molar-refractivity contribution in [2.24, 2.45) is 5.41 Å². The van der Waals surface area contributed by atoms with Crippen LogP contribution in [0.1, 0.15) is 38.4 Å². The molecule has 1 aliphatic rings. The third-order valence-corrected chi connectivity index (χ3v) is 3.94. The van der Waals surface area contributed by atoms with Crippen molar-refractivity contribution >= 4 is 5.97 Å². The molecule has 0 bridgehead atoms. The van der Waals surface area contributed by atoms with Crippen molar-refractivity contribution in [3.8, 4) is 0 Å². The number of nitrogens with zero attached hydrogens (tertiary/aromatic N) is 2. The summed E-state index contributed by atoms with van der Waals surface area (Å²) < 4.78 is 12.9. The summed E-state index contributed by atoms with van der Waals surface area (Å²) in [5, 5.41) is 9.26. The summed E-state index contributed by atoms with van der Waals surface area (Å²) in [5.74, 6) is -1.10. The number of likely N-dealkylation sites (tertiary alicyclic amines) is 1. The highest BCUT2D eigenvalue weighted by atomic mass is 19.1. The van der Waals surface area contributed by atoms with Gasteiger partial charge in [-0.05, 0) is 38.4 Å². The SMILES string of the molecule is CCC(c1ccc(F)cn1)N1CCC(C)(C(=O)O)C1. The Morgan fingerprint density at radius 1 is 1.63 bits per heavy atom. The maximum Gasteiger partial charge on any atom is 0.310 e. The van der Waals surface area contributed by atoms with Gasteiger partial charge in [0, 0.05) is 6.54 Å². The van der Waals surface area contributed by atoms with Crippen molar-refractivity contribution < 1.29 is 14.3 Å². The lowest BCUT2D eigenvalue weighted by atomic mass is 9.90. The van der Waals surface area contributed by atoms with E-state index in [1.54, 1.807) is 13.0 Å². The Morgan fingerprint density at radius 3 is 2.84 bits per heavy atom. The zero-order valence-electron chi connectivity index (χ0n) is 11.3. The summed E-state index contributed by atoms with van der Waals surface area (Å²) in [4.78, 5) is 17.5. The molecule has 1 aliphatic heterocycles. The molecule has 1 aromatic rings. The Kier molecular flexibility index (Phi) is 3.85. The second-order valence-electron chi connectivity index (χ2n) is 5.41. The van der Waals surface area contributed by atoms with E-state index in [1.165, 1.54) is 12.3 Å². The van der Waals surface area contributed by atoms with Gasteiger partial charge < -0.3 is 5.11 Å². The second kappa shape index (κ2) is 5.25. The summed E-state index contributed by atoms with van der Waals surface area (Å²) in [6.07, 6.45) is 2.68. The highest BCUT2D eigenvalue weighted by Gasteiger charge is 2.42. The van der Waals surface area contributed by atoms with Gasteiger partial charge in [-0.1, -0.05) is 6.92 Å². The minimum Gasteiger partial charge on any atom is -0.481 e. The Balaban J connectivity index is 2.16. The molecular weight excluding hydrogens is 247 g/mol. The van der Waals surface area contributed by atoms with Crippen LogP contribution >= 0.6 is 0 Å². The second-order valence-corrected chi connectivity index (χ2v) is 5.41. The highest BCUT2D eigenvalue weighted by molar-refractivity contribution is 5.74. The maximum atomic E-state index is 12.9. The standard InChI is InChI=1S/C14H19FN2O2/c1-3-12(11-5-4-10(15)8-16-11)17-7-6-14(2,9-17)13(18)19/h4-5,8,12H,3,6-7,9H2,1-2H3,(H,18,19). The van der Waals surface area contributed by atoms with Crippen molar-refractivity contribution in [3.63, 3.8) is 0 Å². The molecular formula is C14H19FN2O2. The first-order valence-electron chi connectivity index (χ1n) is 6.55. The normalized spacial score (nSPS) is 25.4. The molecule has 0 spiro atoms. The van der Waals surface area contributed by atoms with E-state index in [1.807, 2.05) is 6.92 Å². The number of carbonyl (C=O) groups is 1. The number of hydrogen-bond donors (Lipinski definition) is 1. The van der Waals surface area contributed by atoms with Gasteiger partial charge in [0.15, 0.2) is 0 Å². The Morgan fingerprint density at radius 2 is 2.37 bits per heavy atom. The van der Waals surface area contributed by atoms with Gasteiger partial charge in [0.05, 0.1) is 23.3 Å². The van der Waals surface area contributed by atoms with Crippen molar-refractivity contribution in [2.45, 2.75) is 32.7 Å². The number of aliphatic carboxylic acids is 1. The average molecular weight is 266 g/mol. The molecule has 5 heteroatoms. The number of hydrogen-bond acceptors (Lipinski definition) is 3. The first kappa shape index (κ1) is 13.9. The van der Waals surface area contributed by atoms with E-state index >= 15 is 0 Å². The van der Waals surface area contributed by atoms with E-state index < -0.39 is 11.4 Å². The molecule has 4 nitrogen and oxygen atoms in total. The molecule has 0 radical (unpaired) electrons. The molecule has 2 unspecified atom stereocenters. The number of pyridine rings is 1. The van der Waals surface area contributed by atoms with Crippen LogP contribution in [0.3, 0.4) is 0 Å². The Labute approximate surface area is 112 Å². The lowest BCUT2D eigenvalue weighted by Crippen LogP contribution is -2.33. The van der Waals surface area contributed by atoms with E-state index in [-0.39, 0.29) is 11.9 Å². The third kappa shape index (κ3) is 2.76. The fraction of sp³-hybridized carbons (Fsp3) is 0.571. The van der Waals surface area contributed by atoms with Crippen LogP contribution in [0, 0.1) is 11.2 Å². The zero-order valence-corrected chi connectivity index (χ0v) is 11.3. The number of rotatable bonds is 4. The van der Waals surface area contributed by atoms with Gasteiger partial charge in [-0.2, -0.15) is 0 Å². The Bertz CT molecular complexity index is 463. The van der Waals surface area contributed by atoms with Crippen molar-refractivity contribution in [2.75, 3.05) is 13.1 Å². The van der Waals surface area contributed by atoms with Crippen LogP contribution in [0.2, 0.25) is 0 Å². The van der Waals surface area contributed by atoms with E-state index in [4.69, 9.17) is 0 Å². The predicted octanol–water partition coefficient (Wildman–Crippen LogP) is 2.47. The number of aromatic nitrogens is 1. The monoisotopic (exact) mass is 266 g/mol. The minimum absolute atomic E-state index is 0.0572. The quantitative estimate of drug-likeness (QED) is 0.909. The molecule has 2 rings (SSSR count). The molecule has 2 heterocycles. The summed E-state index contributed by atoms with van der Waals surface area (Å²) in [7, 11) is 0. The molecule has 1 fully saturated rings. The van der Waals surface area contributed by atoms with Gasteiger partial charge in [-0.15, -0.1) is 0 Å². The van der Waals surface area contributed by atoms with Gasteiger partial charge in [0.2, 0.25) is 0 Å². The molecule has 104 valence electrons. The van der Waals surface area contributed by atoms with E-state index in [0.29, 0.717) is 13.0 Å². The minimum atomic E-state index is -0.753.